The van der Waals surface area contributed by atoms with Gasteiger partial charge in [0.1, 0.15) is 6.04 Å². The van der Waals surface area contributed by atoms with Crippen molar-refractivity contribution in [2.45, 2.75) is 46.2 Å². The zero-order valence-electron chi connectivity index (χ0n) is 20.4. The summed E-state index contributed by atoms with van der Waals surface area (Å²) in [5, 5.41) is 3.99. The molecule has 0 saturated carbocycles. The molecule has 0 spiro atoms. The summed E-state index contributed by atoms with van der Waals surface area (Å²) in [4.78, 5) is 29.0. The normalized spacial score (nSPS) is 11.8. The summed E-state index contributed by atoms with van der Waals surface area (Å²) in [5.74, 6) is -0.0329. The van der Waals surface area contributed by atoms with Crippen molar-refractivity contribution < 1.29 is 9.59 Å². The lowest BCUT2D eigenvalue weighted by atomic mass is 10.00. The van der Waals surface area contributed by atoms with Crippen LogP contribution in [0.3, 0.4) is 0 Å². The summed E-state index contributed by atoms with van der Waals surface area (Å²) in [5.41, 5.74) is 3.73. The number of halogens is 2. The number of benzene rings is 3. The van der Waals surface area contributed by atoms with Gasteiger partial charge in [0.15, 0.2) is 0 Å². The van der Waals surface area contributed by atoms with Gasteiger partial charge in [-0.2, -0.15) is 0 Å². The van der Waals surface area contributed by atoms with E-state index in [1.165, 1.54) is 0 Å². The highest BCUT2D eigenvalue weighted by atomic mass is 35.5. The Hall–Kier alpha value is -2.82. The van der Waals surface area contributed by atoms with Crippen molar-refractivity contribution in [2.75, 3.05) is 6.54 Å². The predicted octanol–water partition coefficient (Wildman–Crippen LogP) is 6.26. The van der Waals surface area contributed by atoms with Crippen LogP contribution in [0.1, 0.15) is 36.1 Å². The fourth-order valence-electron chi connectivity index (χ4n) is 3.88. The third-order valence-corrected chi connectivity index (χ3v) is 6.50. The molecule has 0 aromatic heterocycles. The highest BCUT2D eigenvalue weighted by molar-refractivity contribution is 6.35. The Morgan fingerprint density at radius 1 is 0.914 bits per heavy atom. The van der Waals surface area contributed by atoms with Crippen LogP contribution in [-0.4, -0.2) is 29.3 Å². The molecule has 3 aromatic carbocycles. The summed E-state index contributed by atoms with van der Waals surface area (Å²) in [7, 11) is 0. The Morgan fingerprint density at radius 3 is 2.26 bits per heavy atom. The van der Waals surface area contributed by atoms with Crippen molar-refractivity contribution in [1.29, 1.82) is 0 Å². The van der Waals surface area contributed by atoms with Crippen LogP contribution in [-0.2, 0) is 29.0 Å². The predicted molar refractivity (Wildman–Crippen MR) is 144 cm³/mol. The van der Waals surface area contributed by atoms with Crippen LogP contribution in [0.5, 0.6) is 0 Å². The zero-order valence-corrected chi connectivity index (χ0v) is 21.9. The van der Waals surface area contributed by atoms with Crippen molar-refractivity contribution in [3.63, 3.8) is 0 Å². The fourth-order valence-corrected chi connectivity index (χ4v) is 4.35. The molecule has 6 heteroatoms. The van der Waals surface area contributed by atoms with Crippen molar-refractivity contribution >= 4 is 35.0 Å². The van der Waals surface area contributed by atoms with Crippen LogP contribution in [0.4, 0.5) is 0 Å². The molecule has 0 heterocycles. The highest BCUT2D eigenvalue weighted by Crippen LogP contribution is 2.24. The Balaban J connectivity index is 1.99. The van der Waals surface area contributed by atoms with E-state index in [1.54, 1.807) is 23.1 Å². The van der Waals surface area contributed by atoms with Crippen molar-refractivity contribution in [3.8, 4) is 0 Å². The van der Waals surface area contributed by atoms with Gasteiger partial charge in [-0.05, 0) is 47.2 Å². The molecule has 0 aliphatic carbocycles. The standard InChI is InChI=1S/C29H32Cl2N2O2/c1-20(2)18-32-29(35)27(15-22-10-5-4-6-11-22)33(19-24-12-8-7-9-21(24)3)28(34)16-23-13-14-25(30)17-26(23)31/h4-14,17,20,27H,15-16,18-19H2,1-3H3,(H,32,35)/t27-/m1/s1. The molecule has 4 nitrogen and oxygen atoms in total. The third kappa shape index (κ3) is 7.84. The summed E-state index contributed by atoms with van der Waals surface area (Å²) < 4.78 is 0. The van der Waals surface area contributed by atoms with E-state index in [2.05, 4.69) is 5.32 Å². The maximum absolute atomic E-state index is 13.8. The van der Waals surface area contributed by atoms with E-state index in [0.717, 1.165) is 16.7 Å². The fraction of sp³-hybridized carbons (Fsp3) is 0.310. The number of hydrogen-bond acceptors (Lipinski definition) is 2. The molecule has 1 atom stereocenters. The minimum absolute atomic E-state index is 0.0740. The summed E-state index contributed by atoms with van der Waals surface area (Å²) in [6.45, 7) is 6.97. The van der Waals surface area contributed by atoms with Crippen LogP contribution >= 0.6 is 23.2 Å². The van der Waals surface area contributed by atoms with Crippen LogP contribution in [0, 0.1) is 12.8 Å². The zero-order chi connectivity index (χ0) is 25.4. The highest BCUT2D eigenvalue weighted by Gasteiger charge is 2.31. The van der Waals surface area contributed by atoms with Crippen molar-refractivity contribution in [2.24, 2.45) is 5.92 Å². The first kappa shape index (κ1) is 26.8. The van der Waals surface area contributed by atoms with E-state index < -0.39 is 6.04 Å². The lowest BCUT2D eigenvalue weighted by Gasteiger charge is -2.32. The molecule has 2 amide bonds. The molecule has 0 bridgehead atoms. The molecule has 0 aliphatic rings. The van der Waals surface area contributed by atoms with Gasteiger partial charge in [0.25, 0.3) is 0 Å². The average molecular weight is 511 g/mol. The van der Waals surface area contributed by atoms with Gasteiger partial charge in [0.05, 0.1) is 6.42 Å². The lowest BCUT2D eigenvalue weighted by molar-refractivity contribution is -0.140. The maximum Gasteiger partial charge on any atom is 0.243 e. The monoisotopic (exact) mass is 510 g/mol. The molecule has 0 aliphatic heterocycles. The van der Waals surface area contributed by atoms with Crippen LogP contribution in [0.25, 0.3) is 0 Å². The number of nitrogens with zero attached hydrogens (tertiary/aromatic N) is 1. The van der Waals surface area contributed by atoms with E-state index in [4.69, 9.17) is 23.2 Å². The second-order valence-electron chi connectivity index (χ2n) is 9.21. The van der Waals surface area contributed by atoms with Crippen LogP contribution in [0.15, 0.2) is 72.8 Å². The molecule has 0 unspecified atom stereocenters. The number of hydrogen-bond donors (Lipinski definition) is 1. The number of nitrogens with one attached hydrogen (secondary N) is 1. The summed E-state index contributed by atoms with van der Waals surface area (Å²) in [6.07, 6.45) is 0.487. The topological polar surface area (TPSA) is 49.4 Å². The molecule has 3 rings (SSSR count). The lowest BCUT2D eigenvalue weighted by Crippen LogP contribution is -2.51. The minimum Gasteiger partial charge on any atom is -0.354 e. The maximum atomic E-state index is 13.8. The number of carbonyl (C=O) groups is 2. The van der Waals surface area contributed by atoms with Crippen molar-refractivity contribution in [1.82, 2.24) is 10.2 Å². The Bertz CT molecular complexity index is 1150. The Kier molecular flexibility index (Phi) is 9.76. The molecule has 0 radical (unpaired) electrons. The SMILES string of the molecule is Cc1ccccc1CN(C(=O)Cc1ccc(Cl)cc1Cl)[C@H](Cc1ccccc1)C(=O)NCC(C)C. The third-order valence-electron chi connectivity index (χ3n) is 5.91. The van der Waals surface area contributed by atoms with E-state index >= 15 is 0 Å². The Morgan fingerprint density at radius 2 is 1.60 bits per heavy atom. The first-order valence-corrected chi connectivity index (χ1v) is 12.6. The first-order valence-electron chi connectivity index (χ1n) is 11.8. The summed E-state index contributed by atoms with van der Waals surface area (Å²) >= 11 is 12.4. The first-order chi connectivity index (χ1) is 16.7. The number of aryl methyl sites for hydroxylation is 1. The number of amides is 2. The molecule has 3 aromatic rings. The summed E-state index contributed by atoms with van der Waals surface area (Å²) in [6, 6.07) is 22.2. The molecular formula is C29H32Cl2N2O2. The molecule has 184 valence electrons. The number of rotatable bonds is 10. The van der Waals surface area contributed by atoms with Gasteiger partial charge in [0.2, 0.25) is 11.8 Å². The quantitative estimate of drug-likeness (QED) is 0.350. The van der Waals surface area contributed by atoms with Gasteiger partial charge in [-0.15, -0.1) is 0 Å². The molecule has 35 heavy (non-hydrogen) atoms. The van der Waals surface area contributed by atoms with Gasteiger partial charge >= 0.3 is 0 Å². The molecule has 1 N–H and O–H groups in total. The van der Waals surface area contributed by atoms with E-state index in [0.29, 0.717) is 41.0 Å². The second-order valence-corrected chi connectivity index (χ2v) is 10.0. The molecule has 0 saturated heterocycles. The molecular weight excluding hydrogens is 479 g/mol. The van der Waals surface area contributed by atoms with Gasteiger partial charge in [-0.25, -0.2) is 0 Å². The van der Waals surface area contributed by atoms with E-state index in [-0.39, 0.29) is 18.2 Å². The van der Waals surface area contributed by atoms with Gasteiger partial charge in [-0.3, -0.25) is 9.59 Å². The van der Waals surface area contributed by atoms with Gasteiger partial charge in [0, 0.05) is 29.6 Å². The van der Waals surface area contributed by atoms with Gasteiger partial charge < -0.3 is 10.2 Å². The van der Waals surface area contributed by atoms with Crippen molar-refractivity contribution in [3.05, 3.63) is 105 Å². The average Bonchev–Trinajstić information content (AvgIpc) is 2.83. The van der Waals surface area contributed by atoms with E-state index in [1.807, 2.05) is 75.4 Å². The molecule has 0 fully saturated rings. The largest absolute Gasteiger partial charge is 0.354 e. The van der Waals surface area contributed by atoms with Crippen LogP contribution < -0.4 is 5.32 Å². The van der Waals surface area contributed by atoms with E-state index in [9.17, 15) is 9.59 Å². The minimum atomic E-state index is -0.672. The van der Waals surface area contributed by atoms with Crippen LogP contribution in [0.2, 0.25) is 10.0 Å². The second kappa shape index (κ2) is 12.8. The Labute approximate surface area is 218 Å². The number of carbonyl (C=O) groups excluding carboxylic acids is 2. The smallest absolute Gasteiger partial charge is 0.243 e. The van der Waals surface area contributed by atoms with Gasteiger partial charge in [-0.1, -0.05) is 97.7 Å².